The Kier molecular flexibility index (Phi) is 3.19. The number of nitrogens with zero attached hydrogens (tertiary/aromatic N) is 4. The van der Waals surface area contributed by atoms with Gasteiger partial charge in [0.1, 0.15) is 5.75 Å². The van der Waals surface area contributed by atoms with Crippen molar-refractivity contribution < 1.29 is 5.11 Å². The van der Waals surface area contributed by atoms with Gasteiger partial charge < -0.3 is 5.11 Å². The van der Waals surface area contributed by atoms with Crippen LogP contribution in [0.25, 0.3) is 15.5 Å². The second-order valence-corrected chi connectivity index (χ2v) is 7.17. The lowest BCUT2D eigenvalue weighted by Crippen LogP contribution is -2.01. The average Bonchev–Trinajstić information content (AvgIpc) is 3.15. The number of aromatic nitrogens is 4. The van der Waals surface area contributed by atoms with Crippen LogP contribution < -0.4 is 0 Å². The van der Waals surface area contributed by atoms with E-state index in [9.17, 15) is 5.11 Å². The van der Waals surface area contributed by atoms with E-state index in [1.165, 1.54) is 24.2 Å². The highest BCUT2D eigenvalue weighted by Gasteiger charge is 2.24. The third-order valence-electron chi connectivity index (χ3n) is 3.92. The van der Waals surface area contributed by atoms with Gasteiger partial charge >= 0.3 is 0 Å². The summed E-state index contributed by atoms with van der Waals surface area (Å²) < 4.78 is 2.76. The van der Waals surface area contributed by atoms with Crippen LogP contribution in [0, 0.1) is 0 Å². The summed E-state index contributed by atoms with van der Waals surface area (Å²) >= 11 is 4.88. The van der Waals surface area contributed by atoms with Gasteiger partial charge in [-0.05, 0) is 31.0 Å². The summed E-state index contributed by atoms with van der Waals surface area (Å²) in [6.45, 7) is 0. The maximum absolute atomic E-state index is 10.0. The molecule has 21 heavy (non-hydrogen) atoms. The van der Waals surface area contributed by atoms with Crippen molar-refractivity contribution >= 4 is 32.2 Å². The molecule has 2 heterocycles. The first-order valence-electron chi connectivity index (χ1n) is 6.93. The highest BCUT2D eigenvalue weighted by atomic mass is 79.9. The van der Waals surface area contributed by atoms with Crippen LogP contribution in [0.4, 0.5) is 0 Å². The molecule has 0 amide bonds. The monoisotopic (exact) mass is 364 g/mol. The molecule has 0 saturated heterocycles. The van der Waals surface area contributed by atoms with Crippen molar-refractivity contribution in [3.63, 3.8) is 0 Å². The Morgan fingerprint density at radius 3 is 2.86 bits per heavy atom. The van der Waals surface area contributed by atoms with Gasteiger partial charge in [-0.1, -0.05) is 40.1 Å². The first-order chi connectivity index (χ1) is 10.2. The van der Waals surface area contributed by atoms with Crippen LogP contribution in [0.15, 0.2) is 22.7 Å². The van der Waals surface area contributed by atoms with Gasteiger partial charge in [0.05, 0.1) is 5.56 Å². The van der Waals surface area contributed by atoms with Crippen LogP contribution in [0.1, 0.15) is 37.4 Å². The lowest BCUT2D eigenvalue weighted by atomic mass is 10.1. The molecule has 0 aliphatic heterocycles. The highest BCUT2D eigenvalue weighted by Crippen LogP contribution is 2.37. The Hall–Kier alpha value is -1.47. The molecule has 3 aromatic rings. The molecule has 1 aromatic carbocycles. The molecule has 7 heteroatoms. The largest absolute Gasteiger partial charge is 0.507 e. The summed E-state index contributed by atoms with van der Waals surface area (Å²) in [7, 11) is 0. The van der Waals surface area contributed by atoms with Gasteiger partial charge in [0.25, 0.3) is 0 Å². The van der Waals surface area contributed by atoms with Crippen molar-refractivity contribution in [3.8, 4) is 16.3 Å². The molecule has 1 saturated carbocycles. The topological polar surface area (TPSA) is 63.3 Å². The maximum atomic E-state index is 10.0. The zero-order valence-electron chi connectivity index (χ0n) is 11.2. The predicted molar refractivity (Wildman–Crippen MR) is 84.7 cm³/mol. The van der Waals surface area contributed by atoms with Crippen molar-refractivity contribution in [2.24, 2.45) is 0 Å². The summed E-state index contributed by atoms with van der Waals surface area (Å²) in [5, 5.41) is 24.0. The molecule has 0 bridgehead atoms. The number of hydrogen-bond donors (Lipinski definition) is 1. The summed E-state index contributed by atoms with van der Waals surface area (Å²) in [4.78, 5) is 0.784. The minimum Gasteiger partial charge on any atom is -0.507 e. The molecule has 4 rings (SSSR count). The van der Waals surface area contributed by atoms with E-state index in [1.54, 1.807) is 6.07 Å². The Morgan fingerprint density at radius 2 is 2.05 bits per heavy atom. The van der Waals surface area contributed by atoms with Gasteiger partial charge in [-0.25, -0.2) is 0 Å². The molecule has 1 N–H and O–H groups in total. The van der Waals surface area contributed by atoms with Crippen LogP contribution in [0.3, 0.4) is 0 Å². The Morgan fingerprint density at radius 1 is 1.24 bits per heavy atom. The fourth-order valence-electron chi connectivity index (χ4n) is 2.86. The number of rotatable bonds is 2. The van der Waals surface area contributed by atoms with Gasteiger partial charge in [-0.3, -0.25) is 0 Å². The molecular weight excluding hydrogens is 352 g/mol. The number of benzene rings is 1. The van der Waals surface area contributed by atoms with Crippen molar-refractivity contribution in [1.29, 1.82) is 0 Å². The summed E-state index contributed by atoms with van der Waals surface area (Å²) in [5.74, 6) is 1.65. The van der Waals surface area contributed by atoms with Gasteiger partial charge in [-0.2, -0.15) is 9.61 Å². The molecule has 1 aliphatic carbocycles. The molecule has 2 aromatic heterocycles. The van der Waals surface area contributed by atoms with E-state index in [2.05, 4.69) is 31.2 Å². The Balaban J connectivity index is 1.82. The number of fused-ring (bicyclic) bond motifs is 1. The second-order valence-electron chi connectivity index (χ2n) is 5.30. The molecule has 0 unspecified atom stereocenters. The number of aromatic hydroxyl groups is 1. The number of halogens is 1. The van der Waals surface area contributed by atoms with E-state index in [4.69, 9.17) is 0 Å². The summed E-state index contributed by atoms with van der Waals surface area (Å²) in [6, 6.07) is 5.35. The molecule has 0 radical (unpaired) electrons. The van der Waals surface area contributed by atoms with Gasteiger partial charge in [-0.15, -0.1) is 10.2 Å². The number of hydrogen-bond acceptors (Lipinski definition) is 5. The van der Waals surface area contributed by atoms with Crippen LogP contribution in [-0.4, -0.2) is 24.9 Å². The molecule has 0 atom stereocenters. The lowest BCUT2D eigenvalue weighted by Gasteiger charge is -2.04. The molecular formula is C14H13BrN4OS. The zero-order valence-corrected chi connectivity index (χ0v) is 13.6. The minimum absolute atomic E-state index is 0.227. The Labute approximate surface area is 133 Å². The smallest absolute Gasteiger partial charge is 0.234 e. The van der Waals surface area contributed by atoms with Crippen LogP contribution >= 0.6 is 27.3 Å². The SMILES string of the molecule is Oc1ccc(Br)cc1-c1nn2c(C3CCCC3)nnc2s1. The lowest BCUT2D eigenvalue weighted by molar-refractivity contribution is 0.477. The fourth-order valence-corrected chi connectivity index (χ4v) is 4.09. The van der Waals surface area contributed by atoms with E-state index in [0.717, 1.165) is 38.7 Å². The minimum atomic E-state index is 0.227. The zero-order chi connectivity index (χ0) is 14.4. The molecule has 1 fully saturated rings. The van der Waals surface area contributed by atoms with E-state index in [-0.39, 0.29) is 5.75 Å². The maximum Gasteiger partial charge on any atom is 0.234 e. The molecule has 5 nitrogen and oxygen atoms in total. The van der Waals surface area contributed by atoms with Gasteiger partial charge in [0.2, 0.25) is 4.96 Å². The first kappa shape index (κ1) is 13.2. The standard InChI is InChI=1S/C14H13BrN4OS/c15-9-5-6-11(20)10(7-9)13-18-19-12(8-3-1-2-4-8)16-17-14(19)21-13/h5-8,20H,1-4H2. The van der Waals surface area contributed by atoms with Gasteiger partial charge in [0.15, 0.2) is 10.8 Å². The van der Waals surface area contributed by atoms with E-state index in [1.807, 2.05) is 16.6 Å². The van der Waals surface area contributed by atoms with E-state index >= 15 is 0 Å². The van der Waals surface area contributed by atoms with Crippen LogP contribution in [0.2, 0.25) is 0 Å². The number of phenols is 1. The van der Waals surface area contributed by atoms with Crippen LogP contribution in [0.5, 0.6) is 5.75 Å². The van der Waals surface area contributed by atoms with E-state index < -0.39 is 0 Å². The normalized spacial score (nSPS) is 16.0. The van der Waals surface area contributed by atoms with E-state index in [0.29, 0.717) is 5.92 Å². The summed E-state index contributed by atoms with van der Waals surface area (Å²) in [5.41, 5.74) is 0.720. The molecule has 0 spiro atoms. The van der Waals surface area contributed by atoms with Crippen molar-refractivity contribution in [2.45, 2.75) is 31.6 Å². The van der Waals surface area contributed by atoms with Crippen molar-refractivity contribution in [2.75, 3.05) is 0 Å². The summed E-state index contributed by atoms with van der Waals surface area (Å²) in [6.07, 6.45) is 4.83. The van der Waals surface area contributed by atoms with Crippen molar-refractivity contribution in [1.82, 2.24) is 19.8 Å². The molecule has 108 valence electrons. The number of phenolic OH excluding ortho intramolecular Hbond substituents is 1. The molecule has 1 aliphatic rings. The predicted octanol–water partition coefficient (Wildman–Crippen LogP) is 3.98. The second kappa shape index (κ2) is 5.06. The quantitative estimate of drug-likeness (QED) is 0.746. The third kappa shape index (κ3) is 2.24. The van der Waals surface area contributed by atoms with Crippen LogP contribution in [-0.2, 0) is 0 Å². The fraction of sp³-hybridized carbons (Fsp3) is 0.357. The third-order valence-corrected chi connectivity index (χ3v) is 5.35. The van der Waals surface area contributed by atoms with Crippen molar-refractivity contribution in [3.05, 3.63) is 28.5 Å². The first-order valence-corrected chi connectivity index (χ1v) is 8.54. The Bertz CT molecular complexity index is 807. The average molecular weight is 365 g/mol. The van der Waals surface area contributed by atoms with Gasteiger partial charge in [0, 0.05) is 10.4 Å². The highest BCUT2D eigenvalue weighted by molar-refractivity contribution is 9.10.